The van der Waals surface area contributed by atoms with E-state index in [-0.39, 0.29) is 18.4 Å². The molecule has 0 saturated heterocycles. The summed E-state index contributed by atoms with van der Waals surface area (Å²) in [7, 11) is 0. The van der Waals surface area contributed by atoms with Crippen LogP contribution >= 0.6 is 0 Å². The normalized spacial score (nSPS) is 10.0. The molecule has 0 unspecified atom stereocenters. The second kappa shape index (κ2) is 9.69. The Balaban J connectivity index is 3.36. The van der Waals surface area contributed by atoms with E-state index in [0.717, 1.165) is 25.7 Å². The molecule has 0 heterocycles. The van der Waals surface area contributed by atoms with Crippen molar-refractivity contribution in [2.45, 2.75) is 58.8 Å². The van der Waals surface area contributed by atoms with E-state index < -0.39 is 0 Å². The SMILES string of the molecule is CCCCC(=O)CCOC(=O)CCCC. The molecule has 0 spiro atoms. The second-order valence-corrected chi connectivity index (χ2v) is 3.72. The Bertz CT molecular complexity index is 167. The average Bonchev–Trinajstić information content (AvgIpc) is 2.23. The zero-order chi connectivity index (χ0) is 11.5. The minimum atomic E-state index is -0.180. The predicted molar refractivity (Wildman–Crippen MR) is 59.6 cm³/mol. The Labute approximate surface area is 92.2 Å². The van der Waals surface area contributed by atoms with Crippen molar-refractivity contribution >= 4 is 11.8 Å². The van der Waals surface area contributed by atoms with Crippen LogP contribution in [0.2, 0.25) is 0 Å². The zero-order valence-electron chi connectivity index (χ0n) is 9.88. The van der Waals surface area contributed by atoms with Crippen LogP contribution in [0.3, 0.4) is 0 Å². The first-order valence-corrected chi connectivity index (χ1v) is 5.88. The fourth-order valence-electron chi connectivity index (χ4n) is 1.17. The highest BCUT2D eigenvalue weighted by atomic mass is 16.5. The van der Waals surface area contributed by atoms with E-state index in [4.69, 9.17) is 4.74 Å². The molecule has 0 rings (SSSR count). The van der Waals surface area contributed by atoms with E-state index in [1.54, 1.807) is 0 Å². The first-order valence-electron chi connectivity index (χ1n) is 5.88. The third-order valence-electron chi connectivity index (χ3n) is 2.19. The van der Waals surface area contributed by atoms with Crippen LogP contribution in [0.5, 0.6) is 0 Å². The lowest BCUT2D eigenvalue weighted by Gasteiger charge is -2.03. The average molecular weight is 214 g/mol. The summed E-state index contributed by atoms with van der Waals surface area (Å²) >= 11 is 0. The topological polar surface area (TPSA) is 43.4 Å². The largest absolute Gasteiger partial charge is 0.465 e. The molecule has 15 heavy (non-hydrogen) atoms. The predicted octanol–water partition coefficient (Wildman–Crippen LogP) is 2.87. The number of unbranched alkanes of at least 4 members (excludes halogenated alkanes) is 2. The maximum atomic E-state index is 11.2. The number of carbonyl (C=O) groups is 2. The maximum Gasteiger partial charge on any atom is 0.305 e. The third-order valence-corrected chi connectivity index (χ3v) is 2.19. The molecule has 0 amide bonds. The molecule has 0 aliphatic carbocycles. The summed E-state index contributed by atoms with van der Waals surface area (Å²) in [5.41, 5.74) is 0. The van der Waals surface area contributed by atoms with Crippen LogP contribution in [0.4, 0.5) is 0 Å². The highest BCUT2D eigenvalue weighted by Crippen LogP contribution is 2.01. The Kier molecular flexibility index (Phi) is 9.13. The molecular formula is C12H22O3. The van der Waals surface area contributed by atoms with Gasteiger partial charge in [0.1, 0.15) is 5.78 Å². The van der Waals surface area contributed by atoms with Gasteiger partial charge >= 0.3 is 5.97 Å². The molecule has 0 aliphatic heterocycles. The van der Waals surface area contributed by atoms with E-state index in [0.29, 0.717) is 19.3 Å². The minimum Gasteiger partial charge on any atom is -0.465 e. The Morgan fingerprint density at radius 3 is 2.13 bits per heavy atom. The molecule has 0 saturated carbocycles. The van der Waals surface area contributed by atoms with E-state index >= 15 is 0 Å². The van der Waals surface area contributed by atoms with Gasteiger partial charge in [-0.1, -0.05) is 26.7 Å². The van der Waals surface area contributed by atoms with Gasteiger partial charge in [0.25, 0.3) is 0 Å². The van der Waals surface area contributed by atoms with Crippen molar-refractivity contribution in [3.63, 3.8) is 0 Å². The molecule has 0 aliphatic rings. The highest BCUT2D eigenvalue weighted by Gasteiger charge is 2.04. The lowest BCUT2D eigenvalue weighted by Crippen LogP contribution is -2.09. The minimum absolute atomic E-state index is 0.180. The molecular weight excluding hydrogens is 192 g/mol. The van der Waals surface area contributed by atoms with Gasteiger partial charge in [0, 0.05) is 19.3 Å². The van der Waals surface area contributed by atoms with Gasteiger partial charge in [-0.3, -0.25) is 9.59 Å². The van der Waals surface area contributed by atoms with E-state index in [1.165, 1.54) is 0 Å². The summed E-state index contributed by atoms with van der Waals surface area (Å²) < 4.78 is 4.93. The smallest absolute Gasteiger partial charge is 0.305 e. The fraction of sp³-hybridized carbons (Fsp3) is 0.833. The van der Waals surface area contributed by atoms with Crippen LogP contribution in [0.15, 0.2) is 0 Å². The van der Waals surface area contributed by atoms with Gasteiger partial charge in [-0.15, -0.1) is 0 Å². The number of ketones is 1. The zero-order valence-corrected chi connectivity index (χ0v) is 9.88. The summed E-state index contributed by atoms with van der Waals surface area (Å²) in [4.78, 5) is 22.3. The quantitative estimate of drug-likeness (QED) is 0.554. The van der Waals surface area contributed by atoms with Gasteiger partial charge in [0.15, 0.2) is 0 Å². The monoisotopic (exact) mass is 214 g/mol. The molecule has 0 aromatic rings. The Hall–Kier alpha value is -0.860. The van der Waals surface area contributed by atoms with Crippen LogP contribution in [0.25, 0.3) is 0 Å². The number of Topliss-reactive ketones (excluding diaryl/α,β-unsaturated/α-hetero) is 1. The van der Waals surface area contributed by atoms with Crippen LogP contribution in [0, 0.1) is 0 Å². The molecule has 0 radical (unpaired) electrons. The first kappa shape index (κ1) is 14.1. The summed E-state index contributed by atoms with van der Waals surface area (Å²) in [6.45, 7) is 4.34. The third kappa shape index (κ3) is 9.44. The maximum absolute atomic E-state index is 11.2. The summed E-state index contributed by atoms with van der Waals surface area (Å²) in [6, 6.07) is 0. The second-order valence-electron chi connectivity index (χ2n) is 3.72. The molecule has 3 nitrogen and oxygen atoms in total. The van der Waals surface area contributed by atoms with Crippen molar-refractivity contribution in [2.75, 3.05) is 6.61 Å². The molecule has 0 aromatic carbocycles. The van der Waals surface area contributed by atoms with Crippen LogP contribution in [-0.4, -0.2) is 18.4 Å². The van der Waals surface area contributed by atoms with Crippen molar-refractivity contribution in [1.82, 2.24) is 0 Å². The molecule has 0 bridgehead atoms. The van der Waals surface area contributed by atoms with E-state index in [2.05, 4.69) is 6.92 Å². The lowest BCUT2D eigenvalue weighted by molar-refractivity contribution is -0.144. The van der Waals surface area contributed by atoms with Gasteiger partial charge in [-0.2, -0.15) is 0 Å². The summed E-state index contributed by atoms with van der Waals surface area (Å²) in [5.74, 6) is 0.0142. The Morgan fingerprint density at radius 1 is 0.933 bits per heavy atom. The van der Waals surface area contributed by atoms with Crippen molar-refractivity contribution in [3.05, 3.63) is 0 Å². The van der Waals surface area contributed by atoms with Crippen molar-refractivity contribution < 1.29 is 14.3 Å². The van der Waals surface area contributed by atoms with Crippen molar-refractivity contribution in [1.29, 1.82) is 0 Å². The molecule has 0 atom stereocenters. The number of ether oxygens (including phenoxy) is 1. The van der Waals surface area contributed by atoms with Gasteiger partial charge in [0.05, 0.1) is 6.61 Å². The lowest BCUT2D eigenvalue weighted by atomic mass is 10.1. The van der Waals surface area contributed by atoms with Crippen LogP contribution < -0.4 is 0 Å². The molecule has 0 fully saturated rings. The van der Waals surface area contributed by atoms with Gasteiger partial charge in [0.2, 0.25) is 0 Å². The molecule has 3 heteroatoms. The van der Waals surface area contributed by atoms with E-state index in [1.807, 2.05) is 6.92 Å². The standard InChI is InChI=1S/C12H22O3/c1-3-5-7-11(13)9-10-15-12(14)8-6-4-2/h3-10H2,1-2H3. The summed E-state index contributed by atoms with van der Waals surface area (Å²) in [5, 5.41) is 0. The highest BCUT2D eigenvalue weighted by molar-refractivity contribution is 5.78. The molecule has 88 valence electrons. The summed E-state index contributed by atoms with van der Waals surface area (Å²) in [6.07, 6.45) is 5.28. The van der Waals surface area contributed by atoms with Crippen LogP contribution in [0.1, 0.15) is 58.8 Å². The number of rotatable bonds is 9. The van der Waals surface area contributed by atoms with E-state index in [9.17, 15) is 9.59 Å². The van der Waals surface area contributed by atoms with Gasteiger partial charge < -0.3 is 4.74 Å². The van der Waals surface area contributed by atoms with Gasteiger partial charge in [-0.25, -0.2) is 0 Å². The van der Waals surface area contributed by atoms with Crippen LogP contribution in [-0.2, 0) is 14.3 Å². The van der Waals surface area contributed by atoms with Crippen molar-refractivity contribution in [3.8, 4) is 0 Å². The Morgan fingerprint density at radius 2 is 1.53 bits per heavy atom. The first-order chi connectivity index (χ1) is 7.20. The number of hydrogen-bond acceptors (Lipinski definition) is 3. The molecule has 0 aromatic heterocycles. The van der Waals surface area contributed by atoms with Crippen molar-refractivity contribution in [2.24, 2.45) is 0 Å². The number of carbonyl (C=O) groups excluding carboxylic acids is 2. The molecule has 0 N–H and O–H groups in total. The van der Waals surface area contributed by atoms with Gasteiger partial charge in [-0.05, 0) is 12.8 Å². The number of esters is 1. The fourth-order valence-corrected chi connectivity index (χ4v) is 1.17. The number of hydrogen-bond donors (Lipinski definition) is 0.